The van der Waals surface area contributed by atoms with Crippen molar-refractivity contribution in [3.05, 3.63) is 94.8 Å². The third-order valence-electron chi connectivity index (χ3n) is 4.28. The Morgan fingerprint density at radius 3 is 2.54 bits per heavy atom. The second kappa shape index (κ2) is 7.32. The van der Waals surface area contributed by atoms with Crippen LogP contribution in [-0.4, -0.2) is 32.9 Å². The van der Waals surface area contributed by atoms with Gasteiger partial charge in [0.2, 0.25) is 5.78 Å². The zero-order valence-corrected chi connectivity index (χ0v) is 14.7. The number of aromatic nitrogens is 3. The number of rotatable bonds is 5. The first-order valence-electron chi connectivity index (χ1n) is 8.54. The fourth-order valence-corrected chi connectivity index (χ4v) is 2.81. The SMILES string of the molecule is O=C(OCC(=O)c1ccc[nH]1)c1ccc(-n2cnc3ccccc3c2=O)cc1. The van der Waals surface area contributed by atoms with Crippen molar-refractivity contribution < 1.29 is 14.3 Å². The molecule has 0 aliphatic carbocycles. The molecule has 0 bridgehead atoms. The summed E-state index contributed by atoms with van der Waals surface area (Å²) in [6, 6.07) is 16.7. The van der Waals surface area contributed by atoms with E-state index >= 15 is 0 Å². The molecule has 0 unspecified atom stereocenters. The Bertz CT molecular complexity index is 1210. The van der Waals surface area contributed by atoms with E-state index in [1.54, 1.807) is 60.8 Å². The number of Topliss-reactive ketones (excluding diaryl/α,β-unsaturated/α-hetero) is 1. The Morgan fingerprint density at radius 2 is 1.79 bits per heavy atom. The molecule has 1 N–H and O–H groups in total. The first kappa shape index (κ1) is 17.4. The van der Waals surface area contributed by atoms with Crippen LogP contribution in [0.2, 0.25) is 0 Å². The highest BCUT2D eigenvalue weighted by molar-refractivity contribution is 5.98. The van der Waals surface area contributed by atoms with Crippen molar-refractivity contribution >= 4 is 22.7 Å². The van der Waals surface area contributed by atoms with E-state index in [0.29, 0.717) is 22.3 Å². The Balaban J connectivity index is 1.51. The molecule has 0 aliphatic heterocycles. The molecule has 4 rings (SSSR count). The predicted octanol–water partition coefficient (Wildman–Crippen LogP) is 2.75. The molecular weight excluding hydrogens is 358 g/mol. The number of carbonyl (C=O) groups excluding carboxylic acids is 2. The van der Waals surface area contributed by atoms with E-state index in [0.717, 1.165) is 0 Å². The highest BCUT2D eigenvalue weighted by Crippen LogP contribution is 2.12. The van der Waals surface area contributed by atoms with Gasteiger partial charge in [-0.25, -0.2) is 9.78 Å². The highest BCUT2D eigenvalue weighted by atomic mass is 16.5. The summed E-state index contributed by atoms with van der Waals surface area (Å²) in [7, 11) is 0. The van der Waals surface area contributed by atoms with Crippen LogP contribution in [0.3, 0.4) is 0 Å². The monoisotopic (exact) mass is 373 g/mol. The van der Waals surface area contributed by atoms with Crippen LogP contribution in [0.25, 0.3) is 16.6 Å². The smallest absolute Gasteiger partial charge is 0.338 e. The van der Waals surface area contributed by atoms with Crippen LogP contribution in [0.15, 0.2) is 78.0 Å². The molecule has 7 heteroatoms. The summed E-state index contributed by atoms with van der Waals surface area (Å²) < 4.78 is 6.46. The molecule has 0 aliphatic rings. The number of hydrogen-bond donors (Lipinski definition) is 1. The summed E-state index contributed by atoms with van der Waals surface area (Å²) in [4.78, 5) is 43.7. The van der Waals surface area contributed by atoms with Crippen molar-refractivity contribution in [3.63, 3.8) is 0 Å². The molecule has 0 radical (unpaired) electrons. The number of fused-ring (bicyclic) bond motifs is 1. The number of hydrogen-bond acceptors (Lipinski definition) is 5. The minimum absolute atomic E-state index is 0.197. The molecule has 0 saturated heterocycles. The normalized spacial score (nSPS) is 10.7. The molecule has 0 spiro atoms. The van der Waals surface area contributed by atoms with Gasteiger partial charge in [0.25, 0.3) is 5.56 Å². The van der Waals surface area contributed by atoms with Crippen molar-refractivity contribution in [1.29, 1.82) is 0 Å². The Labute approximate surface area is 159 Å². The van der Waals surface area contributed by atoms with E-state index in [1.807, 2.05) is 6.07 Å². The molecule has 4 aromatic rings. The minimum atomic E-state index is -0.615. The van der Waals surface area contributed by atoms with Gasteiger partial charge in [0.1, 0.15) is 6.33 Å². The molecule has 2 heterocycles. The van der Waals surface area contributed by atoms with E-state index in [-0.39, 0.29) is 23.5 Å². The zero-order valence-electron chi connectivity index (χ0n) is 14.7. The lowest BCUT2D eigenvalue weighted by Gasteiger charge is -2.08. The quantitative estimate of drug-likeness (QED) is 0.429. The van der Waals surface area contributed by atoms with Crippen LogP contribution in [0.4, 0.5) is 0 Å². The fourth-order valence-electron chi connectivity index (χ4n) is 2.81. The van der Waals surface area contributed by atoms with Crippen LogP contribution < -0.4 is 5.56 Å². The first-order valence-corrected chi connectivity index (χ1v) is 8.54. The number of carbonyl (C=O) groups is 2. The van der Waals surface area contributed by atoms with Crippen molar-refractivity contribution in [2.75, 3.05) is 6.61 Å². The molecule has 28 heavy (non-hydrogen) atoms. The van der Waals surface area contributed by atoms with Crippen LogP contribution >= 0.6 is 0 Å². The zero-order chi connectivity index (χ0) is 19.5. The van der Waals surface area contributed by atoms with E-state index < -0.39 is 5.97 Å². The second-order valence-electron chi connectivity index (χ2n) is 6.07. The van der Waals surface area contributed by atoms with Gasteiger partial charge in [-0.1, -0.05) is 12.1 Å². The van der Waals surface area contributed by atoms with Crippen molar-refractivity contribution in [2.24, 2.45) is 0 Å². The second-order valence-corrected chi connectivity index (χ2v) is 6.07. The van der Waals surface area contributed by atoms with Gasteiger partial charge in [-0.15, -0.1) is 0 Å². The lowest BCUT2D eigenvalue weighted by molar-refractivity contribution is 0.0473. The largest absolute Gasteiger partial charge is 0.454 e. The summed E-state index contributed by atoms with van der Waals surface area (Å²) >= 11 is 0. The van der Waals surface area contributed by atoms with Gasteiger partial charge in [-0.2, -0.15) is 0 Å². The summed E-state index contributed by atoms with van der Waals surface area (Å²) in [6.45, 7) is -0.352. The van der Waals surface area contributed by atoms with Crippen molar-refractivity contribution in [1.82, 2.24) is 14.5 Å². The van der Waals surface area contributed by atoms with E-state index in [4.69, 9.17) is 4.74 Å². The van der Waals surface area contributed by atoms with Gasteiger partial charge in [0.15, 0.2) is 6.61 Å². The Kier molecular flexibility index (Phi) is 4.55. The number of nitrogens with zero attached hydrogens (tertiary/aromatic N) is 2. The molecule has 0 saturated carbocycles. The number of esters is 1. The summed E-state index contributed by atoms with van der Waals surface area (Å²) in [5, 5.41) is 0.510. The molecule has 0 amide bonds. The molecule has 7 nitrogen and oxygen atoms in total. The van der Waals surface area contributed by atoms with E-state index in [1.165, 1.54) is 10.9 Å². The molecule has 138 valence electrons. The number of para-hydroxylation sites is 1. The molecule has 2 aromatic carbocycles. The lowest BCUT2D eigenvalue weighted by Crippen LogP contribution is -2.19. The summed E-state index contributed by atoms with van der Waals surface area (Å²) in [5.41, 5.74) is 1.66. The van der Waals surface area contributed by atoms with Gasteiger partial charge < -0.3 is 9.72 Å². The number of benzene rings is 2. The van der Waals surface area contributed by atoms with Crippen LogP contribution in [0.1, 0.15) is 20.8 Å². The Morgan fingerprint density at radius 1 is 1.00 bits per heavy atom. The van der Waals surface area contributed by atoms with Crippen LogP contribution in [-0.2, 0) is 4.74 Å². The molecule has 0 fully saturated rings. The predicted molar refractivity (Wildman–Crippen MR) is 103 cm³/mol. The minimum Gasteiger partial charge on any atom is -0.454 e. The van der Waals surface area contributed by atoms with E-state index in [2.05, 4.69) is 9.97 Å². The maximum atomic E-state index is 12.6. The van der Waals surface area contributed by atoms with Crippen molar-refractivity contribution in [3.8, 4) is 5.69 Å². The third-order valence-corrected chi connectivity index (χ3v) is 4.28. The molecule has 0 atom stereocenters. The summed E-state index contributed by atoms with van der Waals surface area (Å²) in [6.07, 6.45) is 3.07. The van der Waals surface area contributed by atoms with Gasteiger partial charge in [-0.05, 0) is 48.5 Å². The highest BCUT2D eigenvalue weighted by Gasteiger charge is 2.13. The average molecular weight is 373 g/mol. The Hall–Kier alpha value is -4.00. The van der Waals surface area contributed by atoms with Crippen LogP contribution in [0, 0.1) is 0 Å². The number of ether oxygens (including phenoxy) is 1. The van der Waals surface area contributed by atoms with Crippen LogP contribution in [0.5, 0.6) is 0 Å². The van der Waals surface area contributed by atoms with Crippen molar-refractivity contribution in [2.45, 2.75) is 0 Å². The number of nitrogens with one attached hydrogen (secondary N) is 1. The topological polar surface area (TPSA) is 94.1 Å². The van der Waals surface area contributed by atoms with E-state index in [9.17, 15) is 14.4 Å². The van der Waals surface area contributed by atoms with Gasteiger partial charge >= 0.3 is 5.97 Å². The van der Waals surface area contributed by atoms with Gasteiger partial charge in [0.05, 0.1) is 27.8 Å². The number of aromatic amines is 1. The lowest BCUT2D eigenvalue weighted by atomic mass is 10.2. The average Bonchev–Trinajstić information content (AvgIpc) is 3.27. The molecular formula is C21H15N3O4. The fraction of sp³-hybridized carbons (Fsp3) is 0.0476. The number of H-pyrrole nitrogens is 1. The number of ketones is 1. The molecule has 2 aromatic heterocycles. The third kappa shape index (κ3) is 3.33. The maximum Gasteiger partial charge on any atom is 0.338 e. The maximum absolute atomic E-state index is 12.6. The van der Waals surface area contributed by atoms with Gasteiger partial charge in [-0.3, -0.25) is 14.2 Å². The first-order chi connectivity index (χ1) is 13.6. The van der Waals surface area contributed by atoms with Gasteiger partial charge in [0, 0.05) is 6.20 Å². The summed E-state index contributed by atoms with van der Waals surface area (Å²) in [5.74, 6) is -0.931. The standard InChI is InChI=1S/C21H15N3O4/c25-19(18-6-3-11-22-18)12-28-21(27)14-7-9-15(10-8-14)24-13-23-17-5-2-1-4-16(17)20(24)26/h1-11,13,22H,12H2.